The summed E-state index contributed by atoms with van der Waals surface area (Å²) in [4.78, 5) is 0. The third-order valence-electron chi connectivity index (χ3n) is 3.29. The lowest BCUT2D eigenvalue weighted by Gasteiger charge is -2.25. The second-order valence-electron chi connectivity index (χ2n) is 4.34. The lowest BCUT2D eigenvalue weighted by molar-refractivity contribution is 0.403. The number of ether oxygens (including phenoxy) is 1. The van der Waals surface area contributed by atoms with Gasteiger partial charge in [0.15, 0.2) is 0 Å². The van der Waals surface area contributed by atoms with E-state index in [1.54, 1.807) is 6.07 Å². The summed E-state index contributed by atoms with van der Waals surface area (Å²) in [5.41, 5.74) is 6.62. The van der Waals surface area contributed by atoms with Gasteiger partial charge in [0.25, 0.3) is 0 Å². The zero-order valence-electron chi connectivity index (χ0n) is 9.22. The molecule has 0 radical (unpaired) electrons. The molecule has 0 saturated heterocycles. The van der Waals surface area contributed by atoms with Crippen molar-refractivity contribution in [2.75, 3.05) is 7.11 Å². The standard InChI is InChI=1S/C12H15ClFNO/c1-16-10-7-8(6-9(14)11(10)13)12(15)4-2-3-5-12/h6-7H,2-5,15H2,1H3. The molecule has 1 fully saturated rings. The number of nitrogens with two attached hydrogens (primary N) is 1. The molecule has 1 aromatic rings. The molecule has 1 aliphatic rings. The van der Waals surface area contributed by atoms with Gasteiger partial charge in [0.2, 0.25) is 0 Å². The minimum atomic E-state index is -0.465. The van der Waals surface area contributed by atoms with Gasteiger partial charge in [-0.25, -0.2) is 4.39 Å². The molecule has 0 unspecified atom stereocenters. The van der Waals surface area contributed by atoms with Crippen LogP contribution in [0, 0.1) is 5.82 Å². The summed E-state index contributed by atoms with van der Waals surface area (Å²) in [6.45, 7) is 0. The fourth-order valence-corrected chi connectivity index (χ4v) is 2.48. The van der Waals surface area contributed by atoms with Gasteiger partial charge in [-0.2, -0.15) is 0 Å². The topological polar surface area (TPSA) is 35.2 Å². The van der Waals surface area contributed by atoms with Crippen LogP contribution in [0.25, 0.3) is 0 Å². The van der Waals surface area contributed by atoms with Gasteiger partial charge in [-0.05, 0) is 30.5 Å². The molecule has 0 aromatic heterocycles. The quantitative estimate of drug-likeness (QED) is 0.866. The van der Waals surface area contributed by atoms with E-state index in [1.165, 1.54) is 13.2 Å². The summed E-state index contributed by atoms with van der Waals surface area (Å²) in [5, 5.41) is 0.0212. The van der Waals surface area contributed by atoms with Crippen LogP contribution in [-0.2, 0) is 5.54 Å². The summed E-state index contributed by atoms with van der Waals surface area (Å²) in [6.07, 6.45) is 3.95. The minimum Gasteiger partial charge on any atom is -0.495 e. The van der Waals surface area contributed by atoms with Gasteiger partial charge in [-0.15, -0.1) is 0 Å². The molecular weight excluding hydrogens is 229 g/mol. The van der Waals surface area contributed by atoms with Crippen LogP contribution in [0.3, 0.4) is 0 Å². The third-order valence-corrected chi connectivity index (χ3v) is 3.65. The largest absolute Gasteiger partial charge is 0.495 e. The highest BCUT2D eigenvalue weighted by Crippen LogP contribution is 2.40. The Hall–Kier alpha value is -0.800. The Balaban J connectivity index is 2.45. The van der Waals surface area contributed by atoms with Gasteiger partial charge < -0.3 is 10.5 Å². The fraction of sp³-hybridized carbons (Fsp3) is 0.500. The number of halogens is 2. The summed E-state index contributed by atoms with van der Waals surface area (Å²) in [7, 11) is 1.47. The maximum absolute atomic E-state index is 13.6. The second kappa shape index (κ2) is 4.22. The van der Waals surface area contributed by atoms with Crippen LogP contribution in [0.4, 0.5) is 4.39 Å². The molecule has 0 heterocycles. The zero-order valence-corrected chi connectivity index (χ0v) is 9.98. The molecular formula is C12H15ClFNO. The van der Waals surface area contributed by atoms with Crippen molar-refractivity contribution >= 4 is 11.6 Å². The molecule has 0 bridgehead atoms. The SMILES string of the molecule is COc1cc(C2(N)CCCC2)cc(F)c1Cl. The smallest absolute Gasteiger partial charge is 0.145 e. The molecule has 1 aliphatic carbocycles. The molecule has 0 spiro atoms. The van der Waals surface area contributed by atoms with Crippen molar-refractivity contribution in [2.24, 2.45) is 5.73 Å². The van der Waals surface area contributed by atoms with Crippen LogP contribution in [0.1, 0.15) is 31.2 Å². The minimum absolute atomic E-state index is 0.0212. The second-order valence-corrected chi connectivity index (χ2v) is 4.72. The van der Waals surface area contributed by atoms with Crippen molar-refractivity contribution in [3.8, 4) is 5.75 Å². The van der Waals surface area contributed by atoms with Crippen LogP contribution in [0.5, 0.6) is 5.75 Å². The van der Waals surface area contributed by atoms with E-state index < -0.39 is 11.4 Å². The van der Waals surface area contributed by atoms with Crippen molar-refractivity contribution in [3.63, 3.8) is 0 Å². The number of methoxy groups -OCH3 is 1. The van der Waals surface area contributed by atoms with Gasteiger partial charge in [0.05, 0.1) is 7.11 Å². The van der Waals surface area contributed by atoms with Crippen LogP contribution in [0.15, 0.2) is 12.1 Å². The highest BCUT2D eigenvalue weighted by atomic mass is 35.5. The van der Waals surface area contributed by atoms with E-state index in [0.717, 1.165) is 31.2 Å². The van der Waals surface area contributed by atoms with E-state index in [9.17, 15) is 4.39 Å². The Kier molecular flexibility index (Phi) is 3.08. The predicted molar refractivity (Wildman–Crippen MR) is 62.3 cm³/mol. The predicted octanol–water partition coefficient (Wildman–Crippen LogP) is 3.22. The van der Waals surface area contributed by atoms with Crippen molar-refractivity contribution in [1.29, 1.82) is 0 Å². The first kappa shape index (κ1) is 11.7. The lowest BCUT2D eigenvalue weighted by Crippen LogP contribution is -2.33. The maximum Gasteiger partial charge on any atom is 0.145 e. The van der Waals surface area contributed by atoms with E-state index in [-0.39, 0.29) is 5.02 Å². The van der Waals surface area contributed by atoms with Crippen molar-refractivity contribution in [1.82, 2.24) is 0 Å². The first-order chi connectivity index (χ1) is 7.57. The Bertz CT molecular complexity index is 402. The lowest BCUT2D eigenvalue weighted by atomic mass is 9.89. The summed E-state index contributed by atoms with van der Waals surface area (Å²) in [5.74, 6) is -0.110. The fourth-order valence-electron chi connectivity index (χ4n) is 2.29. The molecule has 1 aromatic carbocycles. The number of hydrogen-bond donors (Lipinski definition) is 1. The maximum atomic E-state index is 13.6. The third kappa shape index (κ3) is 1.89. The zero-order chi connectivity index (χ0) is 11.8. The van der Waals surface area contributed by atoms with Gasteiger partial charge in [-0.3, -0.25) is 0 Å². The van der Waals surface area contributed by atoms with E-state index in [4.69, 9.17) is 22.1 Å². The highest BCUT2D eigenvalue weighted by molar-refractivity contribution is 6.32. The average molecular weight is 244 g/mol. The van der Waals surface area contributed by atoms with Gasteiger partial charge in [-0.1, -0.05) is 24.4 Å². The Morgan fingerprint density at radius 3 is 2.56 bits per heavy atom. The van der Waals surface area contributed by atoms with Crippen LogP contribution in [0.2, 0.25) is 5.02 Å². The Morgan fingerprint density at radius 1 is 1.38 bits per heavy atom. The Morgan fingerprint density at radius 2 is 2.00 bits per heavy atom. The van der Waals surface area contributed by atoms with Crippen LogP contribution >= 0.6 is 11.6 Å². The molecule has 0 amide bonds. The summed E-state index contributed by atoms with van der Waals surface area (Å²) < 4.78 is 18.6. The molecule has 4 heteroatoms. The molecule has 16 heavy (non-hydrogen) atoms. The number of rotatable bonds is 2. The van der Waals surface area contributed by atoms with Gasteiger partial charge in [0, 0.05) is 5.54 Å². The molecule has 88 valence electrons. The summed E-state index contributed by atoms with van der Waals surface area (Å²) >= 11 is 5.78. The average Bonchev–Trinajstić information content (AvgIpc) is 2.70. The first-order valence-corrected chi connectivity index (χ1v) is 5.77. The number of hydrogen-bond acceptors (Lipinski definition) is 2. The normalized spacial score (nSPS) is 18.8. The summed E-state index contributed by atoms with van der Waals surface area (Å²) in [6, 6.07) is 3.17. The van der Waals surface area contributed by atoms with Crippen molar-refractivity contribution in [3.05, 3.63) is 28.5 Å². The first-order valence-electron chi connectivity index (χ1n) is 5.39. The molecule has 0 aliphatic heterocycles. The van der Waals surface area contributed by atoms with E-state index >= 15 is 0 Å². The van der Waals surface area contributed by atoms with E-state index in [2.05, 4.69) is 0 Å². The van der Waals surface area contributed by atoms with E-state index in [0.29, 0.717) is 5.75 Å². The van der Waals surface area contributed by atoms with Crippen LogP contribution in [-0.4, -0.2) is 7.11 Å². The van der Waals surface area contributed by atoms with Gasteiger partial charge >= 0.3 is 0 Å². The molecule has 1 saturated carbocycles. The molecule has 2 nitrogen and oxygen atoms in total. The van der Waals surface area contributed by atoms with Crippen LogP contribution < -0.4 is 10.5 Å². The number of benzene rings is 1. The van der Waals surface area contributed by atoms with Crippen molar-refractivity contribution < 1.29 is 9.13 Å². The highest BCUT2D eigenvalue weighted by Gasteiger charge is 2.32. The van der Waals surface area contributed by atoms with E-state index in [1.807, 2.05) is 0 Å². The monoisotopic (exact) mass is 243 g/mol. The Labute approximate surface area is 99.5 Å². The molecule has 0 atom stereocenters. The van der Waals surface area contributed by atoms with Gasteiger partial charge in [0.1, 0.15) is 16.6 Å². The van der Waals surface area contributed by atoms with Crippen molar-refractivity contribution in [2.45, 2.75) is 31.2 Å². The molecule has 2 rings (SSSR count). The molecule has 2 N–H and O–H groups in total.